The van der Waals surface area contributed by atoms with Crippen LogP contribution in [0.25, 0.3) is 10.9 Å². The van der Waals surface area contributed by atoms with Crippen molar-refractivity contribution in [2.75, 3.05) is 11.9 Å². The molecule has 3 rings (SSSR count). The van der Waals surface area contributed by atoms with Gasteiger partial charge in [0.05, 0.1) is 21.7 Å². The third-order valence-corrected chi connectivity index (χ3v) is 4.79. The van der Waals surface area contributed by atoms with Crippen molar-refractivity contribution >= 4 is 26.6 Å². The van der Waals surface area contributed by atoms with Crippen LogP contribution in [0.3, 0.4) is 0 Å². The van der Waals surface area contributed by atoms with E-state index in [0.29, 0.717) is 18.5 Å². The summed E-state index contributed by atoms with van der Waals surface area (Å²) in [6.07, 6.45) is 2.23. The Hall–Kier alpha value is -2.95. The second-order valence-corrected chi connectivity index (χ2v) is 7.10. The van der Waals surface area contributed by atoms with Gasteiger partial charge in [0.2, 0.25) is 10.0 Å². The summed E-state index contributed by atoms with van der Waals surface area (Å²) in [6.45, 7) is 0.595. The number of aromatic nitrogens is 1. The maximum Gasteiger partial charge on any atom is 0.238 e. The molecule has 0 saturated heterocycles. The highest BCUT2D eigenvalue weighted by atomic mass is 32.2. The van der Waals surface area contributed by atoms with Crippen LogP contribution in [0.2, 0.25) is 0 Å². The second-order valence-electron chi connectivity index (χ2n) is 5.54. The third kappa shape index (κ3) is 3.76. The van der Waals surface area contributed by atoms with Crippen molar-refractivity contribution in [3.05, 3.63) is 65.9 Å². The number of para-hydroxylation sites is 1. The minimum absolute atomic E-state index is 0.0936. The van der Waals surface area contributed by atoms with Gasteiger partial charge in [-0.05, 0) is 30.2 Å². The van der Waals surface area contributed by atoms with Gasteiger partial charge < -0.3 is 5.32 Å². The Morgan fingerprint density at radius 1 is 1.12 bits per heavy atom. The molecule has 3 aromatic rings. The summed E-state index contributed by atoms with van der Waals surface area (Å²) in [4.78, 5) is 4.37. The number of hydrogen-bond acceptors (Lipinski definition) is 5. The highest BCUT2D eigenvalue weighted by Crippen LogP contribution is 2.25. The summed E-state index contributed by atoms with van der Waals surface area (Å²) < 4.78 is 22.5. The molecule has 0 amide bonds. The molecule has 25 heavy (non-hydrogen) atoms. The lowest BCUT2D eigenvalue weighted by Crippen LogP contribution is -2.12. The van der Waals surface area contributed by atoms with Crippen molar-refractivity contribution < 1.29 is 8.42 Å². The van der Waals surface area contributed by atoms with E-state index in [-0.39, 0.29) is 4.90 Å². The first-order valence-electron chi connectivity index (χ1n) is 7.62. The Bertz CT molecular complexity index is 1050. The van der Waals surface area contributed by atoms with E-state index in [2.05, 4.69) is 16.4 Å². The average molecular weight is 352 g/mol. The highest BCUT2D eigenvalue weighted by molar-refractivity contribution is 7.89. The minimum Gasteiger partial charge on any atom is -0.383 e. The monoisotopic (exact) mass is 352 g/mol. The zero-order valence-corrected chi connectivity index (χ0v) is 14.1. The van der Waals surface area contributed by atoms with Crippen LogP contribution in [0.4, 0.5) is 5.69 Å². The van der Waals surface area contributed by atoms with E-state index in [0.717, 1.165) is 22.2 Å². The topological polar surface area (TPSA) is 109 Å². The van der Waals surface area contributed by atoms with Gasteiger partial charge in [-0.3, -0.25) is 4.98 Å². The van der Waals surface area contributed by atoms with E-state index in [9.17, 15) is 13.7 Å². The molecule has 0 aliphatic heterocycles. The minimum atomic E-state index is -3.68. The predicted octanol–water partition coefficient (Wildman–Crippen LogP) is 2.41. The number of nitrogens with zero attached hydrogens (tertiary/aromatic N) is 2. The number of fused-ring (bicyclic) bond motifs is 1. The Kier molecular flexibility index (Phi) is 4.65. The van der Waals surface area contributed by atoms with Crippen molar-refractivity contribution in [1.82, 2.24) is 4.98 Å². The molecule has 2 aromatic carbocycles. The smallest absolute Gasteiger partial charge is 0.238 e. The molecule has 0 unspecified atom stereocenters. The number of nitrogens with one attached hydrogen (secondary N) is 1. The van der Waals surface area contributed by atoms with E-state index in [1.165, 1.54) is 12.1 Å². The second kappa shape index (κ2) is 6.89. The normalized spacial score (nSPS) is 11.2. The lowest BCUT2D eigenvalue weighted by atomic mass is 10.1. The molecule has 0 aliphatic carbocycles. The van der Waals surface area contributed by atoms with E-state index >= 15 is 0 Å². The van der Waals surface area contributed by atoms with Gasteiger partial charge in [0.1, 0.15) is 6.07 Å². The Balaban J connectivity index is 1.76. The lowest BCUT2D eigenvalue weighted by molar-refractivity contribution is 0.598. The van der Waals surface area contributed by atoms with Crippen LogP contribution in [0.5, 0.6) is 0 Å². The first-order chi connectivity index (χ1) is 12.0. The summed E-state index contributed by atoms with van der Waals surface area (Å²) in [5, 5.41) is 18.6. The van der Waals surface area contributed by atoms with E-state index in [4.69, 9.17) is 5.14 Å². The van der Waals surface area contributed by atoms with Crippen LogP contribution >= 0.6 is 0 Å². The number of pyridine rings is 1. The number of nitrogens with two attached hydrogens (primary N) is 1. The standard InChI is InChI=1S/C18H16N4O2S/c19-11-14-12-22-17-4-2-1-3-16(17)18(14)21-10-9-13-5-7-15(8-6-13)25(20,23)24/h1-8,12H,9-10H2,(H,21,22)(H2,20,23,24). The number of primary sulfonamides is 1. The van der Waals surface area contributed by atoms with Crippen molar-refractivity contribution in [3.63, 3.8) is 0 Å². The maximum atomic E-state index is 11.3. The van der Waals surface area contributed by atoms with Gasteiger partial charge in [0.15, 0.2) is 0 Å². The molecule has 3 N–H and O–H groups in total. The molecular weight excluding hydrogens is 336 g/mol. The summed E-state index contributed by atoms with van der Waals surface area (Å²) in [5.74, 6) is 0. The highest BCUT2D eigenvalue weighted by Gasteiger charge is 2.09. The number of sulfonamides is 1. The molecule has 0 bridgehead atoms. The van der Waals surface area contributed by atoms with E-state index in [1.54, 1.807) is 18.3 Å². The van der Waals surface area contributed by atoms with Gasteiger partial charge in [0.25, 0.3) is 0 Å². The molecule has 1 aromatic heterocycles. The molecule has 6 nitrogen and oxygen atoms in total. The van der Waals surface area contributed by atoms with Crippen molar-refractivity contribution in [3.8, 4) is 6.07 Å². The predicted molar refractivity (Wildman–Crippen MR) is 96.5 cm³/mol. The fraction of sp³-hybridized carbons (Fsp3) is 0.111. The Labute approximate surface area is 146 Å². The number of benzene rings is 2. The zero-order chi connectivity index (χ0) is 17.9. The van der Waals surface area contributed by atoms with Crippen LogP contribution in [-0.2, 0) is 16.4 Å². The first-order valence-corrected chi connectivity index (χ1v) is 9.17. The fourth-order valence-corrected chi connectivity index (χ4v) is 3.11. The maximum absolute atomic E-state index is 11.3. The lowest BCUT2D eigenvalue weighted by Gasteiger charge is -2.11. The van der Waals surface area contributed by atoms with Crippen molar-refractivity contribution in [1.29, 1.82) is 5.26 Å². The molecular formula is C18H16N4O2S. The molecule has 7 heteroatoms. The fourth-order valence-electron chi connectivity index (χ4n) is 2.59. The van der Waals surface area contributed by atoms with Gasteiger partial charge in [0, 0.05) is 18.1 Å². The van der Waals surface area contributed by atoms with Crippen LogP contribution < -0.4 is 10.5 Å². The molecule has 0 atom stereocenters. The quantitative estimate of drug-likeness (QED) is 0.733. The van der Waals surface area contributed by atoms with Gasteiger partial charge in [-0.15, -0.1) is 0 Å². The number of nitriles is 1. The molecule has 1 heterocycles. The first kappa shape index (κ1) is 16.9. The van der Waals surface area contributed by atoms with Gasteiger partial charge >= 0.3 is 0 Å². The molecule has 0 spiro atoms. The van der Waals surface area contributed by atoms with Gasteiger partial charge in [-0.1, -0.05) is 30.3 Å². The van der Waals surface area contributed by atoms with Crippen LogP contribution in [-0.4, -0.2) is 19.9 Å². The van der Waals surface area contributed by atoms with Crippen LogP contribution in [0, 0.1) is 11.3 Å². The molecule has 126 valence electrons. The van der Waals surface area contributed by atoms with E-state index < -0.39 is 10.0 Å². The summed E-state index contributed by atoms with van der Waals surface area (Å²) in [7, 11) is -3.68. The van der Waals surface area contributed by atoms with Gasteiger partial charge in [-0.2, -0.15) is 5.26 Å². The number of anilines is 1. The number of rotatable bonds is 5. The average Bonchev–Trinajstić information content (AvgIpc) is 2.61. The largest absolute Gasteiger partial charge is 0.383 e. The van der Waals surface area contributed by atoms with Crippen molar-refractivity contribution in [2.24, 2.45) is 5.14 Å². The van der Waals surface area contributed by atoms with Gasteiger partial charge in [-0.25, -0.2) is 13.6 Å². The Morgan fingerprint density at radius 2 is 1.84 bits per heavy atom. The summed E-state index contributed by atoms with van der Waals surface area (Å²) >= 11 is 0. The third-order valence-electron chi connectivity index (χ3n) is 3.86. The van der Waals surface area contributed by atoms with Crippen molar-refractivity contribution in [2.45, 2.75) is 11.3 Å². The number of hydrogen-bond donors (Lipinski definition) is 2. The van der Waals surface area contributed by atoms with Crippen LogP contribution in [0.1, 0.15) is 11.1 Å². The molecule has 0 saturated carbocycles. The SMILES string of the molecule is N#Cc1cnc2ccccc2c1NCCc1ccc(S(N)(=O)=O)cc1. The Morgan fingerprint density at radius 3 is 2.52 bits per heavy atom. The zero-order valence-electron chi connectivity index (χ0n) is 13.3. The molecule has 0 fully saturated rings. The molecule has 0 aliphatic rings. The van der Waals surface area contributed by atoms with Crippen LogP contribution in [0.15, 0.2) is 59.6 Å². The summed E-state index contributed by atoms with van der Waals surface area (Å²) in [6, 6.07) is 16.2. The van der Waals surface area contributed by atoms with E-state index in [1.807, 2.05) is 24.3 Å². The molecule has 0 radical (unpaired) electrons. The summed E-state index contributed by atoms with van der Waals surface area (Å²) in [5.41, 5.74) is 3.04.